The molecule has 84 heavy (non-hydrogen) atoms. The summed E-state index contributed by atoms with van der Waals surface area (Å²) in [5, 5.41) is 6.64. The topological polar surface area (TPSA) is 25.8 Å². The smallest absolute Gasteiger partial charge is 0.0708 e. The monoisotopic (exact) mass is 1390 g/mol. The number of aromatic nitrogens is 2. The van der Waals surface area contributed by atoms with Gasteiger partial charge in [0.25, 0.3) is 0 Å². The van der Waals surface area contributed by atoms with Crippen molar-refractivity contribution < 1.29 is 29.9 Å². The van der Waals surface area contributed by atoms with Crippen LogP contribution in [0.15, 0.2) is 84.9 Å². The van der Waals surface area contributed by atoms with E-state index in [2.05, 4.69) is 289 Å². The Morgan fingerprint density at radius 3 is 0.726 bits per heavy atom. The molecule has 0 amide bonds. The van der Waals surface area contributed by atoms with Crippen LogP contribution in [0, 0.1) is 224 Å². The van der Waals surface area contributed by atoms with E-state index in [0.29, 0.717) is 0 Å². The molecule has 0 spiro atoms. The van der Waals surface area contributed by atoms with Crippen molar-refractivity contribution in [1.29, 1.82) is 0 Å². The van der Waals surface area contributed by atoms with Crippen molar-refractivity contribution in [3.8, 4) is 0 Å². The van der Waals surface area contributed by atoms with E-state index in [1.807, 2.05) is 34.0 Å². The molecule has 0 aliphatic rings. The maximum atomic E-state index is 4.58. The zero-order valence-corrected chi connectivity index (χ0v) is 62.8. The molecular weight excluding hydrogens is 1300 g/mol. The van der Waals surface area contributed by atoms with Gasteiger partial charge in [0.1, 0.15) is 0 Å². The van der Waals surface area contributed by atoms with Crippen molar-refractivity contribution in [1.82, 2.24) is 9.97 Å². The van der Waals surface area contributed by atoms with Gasteiger partial charge < -0.3 is 0 Å². The summed E-state index contributed by atoms with van der Waals surface area (Å²) in [6, 6.07) is 31.4. The van der Waals surface area contributed by atoms with Gasteiger partial charge in [0.05, 0.1) is 11.0 Å². The Bertz CT molecular complexity index is 3480. The van der Waals surface area contributed by atoms with Crippen molar-refractivity contribution in [2.45, 2.75) is 194 Å². The quantitative estimate of drug-likeness (QED) is 0.151. The zero-order valence-electron chi connectivity index (χ0n) is 56.6. The third kappa shape index (κ3) is 18.4. The van der Waals surface area contributed by atoms with E-state index in [1.54, 1.807) is 0 Å². The molecule has 0 atom stereocenters. The minimum absolute atomic E-state index is 0. The van der Waals surface area contributed by atoms with Crippen LogP contribution in [-0.4, -0.2) is 9.97 Å². The van der Waals surface area contributed by atoms with Gasteiger partial charge in [-0.15, -0.1) is 34.0 Å². The summed E-state index contributed by atoms with van der Waals surface area (Å²) >= 11 is 5.69. The molecule has 0 aliphatic heterocycles. The summed E-state index contributed by atoms with van der Waals surface area (Å²) in [6.07, 6.45) is 0. The van der Waals surface area contributed by atoms with E-state index in [9.17, 15) is 0 Å². The molecule has 6 heteroatoms. The number of hydrogen-bond donors (Lipinski definition) is 0. The molecular formula is C78H98N2NpS3. The average molecular weight is 1400 g/mol. The Labute approximate surface area is 543 Å². The van der Waals surface area contributed by atoms with Crippen LogP contribution in [0.3, 0.4) is 0 Å². The number of nitrogens with zero attached hydrogens (tertiary/aromatic N) is 2. The van der Waals surface area contributed by atoms with Crippen LogP contribution in [0.2, 0.25) is 0 Å². The molecule has 443 valence electrons. The van der Waals surface area contributed by atoms with E-state index in [0.717, 1.165) is 22.4 Å². The van der Waals surface area contributed by atoms with Gasteiger partial charge in [-0.05, 0) is 369 Å². The normalized spacial score (nSPS) is 10.5. The summed E-state index contributed by atoms with van der Waals surface area (Å²) in [6.45, 7) is 60.4. The fourth-order valence-corrected chi connectivity index (χ4v) is 12.9. The number of benzene rings is 6. The minimum Gasteiger partial charge on any atom is -0.253 e. The maximum absolute atomic E-state index is 4.58. The largest absolute Gasteiger partial charge is 0.253 e. The van der Waals surface area contributed by atoms with Crippen LogP contribution in [0.1, 0.15) is 153 Å². The van der Waals surface area contributed by atoms with Crippen molar-refractivity contribution in [2.75, 3.05) is 0 Å². The maximum Gasteiger partial charge on any atom is 0.0708 e. The second-order valence-electron chi connectivity index (χ2n) is 23.9. The molecule has 0 bridgehead atoms. The fourth-order valence-electron chi connectivity index (χ4n) is 9.61. The van der Waals surface area contributed by atoms with Gasteiger partial charge >= 0.3 is 0 Å². The van der Waals surface area contributed by atoms with Crippen LogP contribution in [0.25, 0.3) is 42.7 Å². The van der Waals surface area contributed by atoms with Gasteiger partial charge in [0, 0.05) is 81.2 Å². The first kappa shape index (κ1) is 71.3. The molecule has 0 aliphatic carbocycles. The second kappa shape index (κ2) is 30.9. The summed E-state index contributed by atoms with van der Waals surface area (Å²) in [4.78, 5) is 16.5. The van der Waals surface area contributed by atoms with Crippen LogP contribution in [-0.2, 0) is 0 Å². The van der Waals surface area contributed by atoms with Crippen molar-refractivity contribution >= 4 is 76.7 Å². The Balaban J connectivity index is 0.000000211. The first-order valence-corrected chi connectivity index (χ1v) is 31.9. The van der Waals surface area contributed by atoms with Gasteiger partial charge in [-0.3, -0.25) is 9.97 Å². The number of fused-ring (bicyclic) bond motifs is 4. The minimum atomic E-state index is 0. The third-order valence-corrected chi connectivity index (χ3v) is 21.2. The predicted octanol–water partition coefficient (Wildman–Crippen LogP) is 24.0. The van der Waals surface area contributed by atoms with E-state index >= 15 is 0 Å². The van der Waals surface area contributed by atoms with Crippen LogP contribution in [0.5, 0.6) is 0 Å². The second-order valence-corrected chi connectivity index (χ2v) is 28.0. The molecule has 1 radical (unpaired) electrons. The standard InChI is InChI=1S/C14H16.2C13H15N.C12H14S.C10H14.2C8H12S.Np/c1-9-5-13-7-11(3)12(4)8-14(13)6-10(9)2;2*1-8-5-12-6-10(3)11(4)14-13(12)7-9(8)2;1-7-5-11-9(3)10(4)13-12(11)6-8(7)2;1-7-5-9(3)10(4)6-8(7)2;2*1-5-6(2)8(4)9-7(5)3;/h5-8H,1-4H3;2*5-7H,1-4H3;5-6H,1-4H3;5-6H,1-4H3;2*1-4H3;. The molecule has 0 unspecified atom stereocenters. The summed E-state index contributed by atoms with van der Waals surface area (Å²) in [7, 11) is 0. The predicted molar refractivity (Wildman–Crippen MR) is 377 cm³/mol. The van der Waals surface area contributed by atoms with Gasteiger partial charge in [-0.1, -0.05) is 42.5 Å². The van der Waals surface area contributed by atoms with Gasteiger partial charge in [0.2, 0.25) is 0 Å². The molecule has 11 aromatic rings. The van der Waals surface area contributed by atoms with Crippen LogP contribution in [0.4, 0.5) is 0 Å². The van der Waals surface area contributed by atoms with Gasteiger partial charge in [-0.2, -0.15) is 0 Å². The molecule has 11 rings (SSSR count). The summed E-state index contributed by atoms with van der Waals surface area (Å²) in [5.41, 5.74) is 33.5. The molecule has 0 fully saturated rings. The van der Waals surface area contributed by atoms with E-state index < -0.39 is 0 Å². The number of thiophene rings is 3. The first-order chi connectivity index (χ1) is 38.7. The SMILES string of the molecule is Cc1cc(C)c(C)cc1C.Cc1cc2cc(C)c(C)cc2cc1C.Cc1cc2cc(C)c(C)nc2cc1C.Cc1cc2cc(C)c(C)nc2cc1C.Cc1cc2sc(C)c(C)c2cc1C.Cc1sc(C)c(C)c1C.Cc1sc(C)c(C)c1C.[Np]. The zero-order chi connectivity index (χ0) is 62.2. The summed E-state index contributed by atoms with van der Waals surface area (Å²) < 4.78 is 1.43. The van der Waals surface area contributed by atoms with Crippen LogP contribution < -0.4 is 0 Å². The molecule has 2 nitrogen and oxygen atoms in total. The molecule has 0 saturated carbocycles. The average Bonchev–Trinajstić information content (AvgIpc) is 2.60. The molecule has 0 saturated heterocycles. The molecule has 5 heterocycles. The van der Waals surface area contributed by atoms with Crippen molar-refractivity contribution in [3.63, 3.8) is 0 Å². The Morgan fingerprint density at radius 2 is 0.440 bits per heavy atom. The number of pyridine rings is 2. The Morgan fingerprint density at radius 1 is 0.214 bits per heavy atom. The van der Waals surface area contributed by atoms with E-state index in [1.165, 1.54) is 173 Å². The number of aryl methyl sites for hydroxylation is 24. The van der Waals surface area contributed by atoms with Gasteiger partial charge in [0.15, 0.2) is 0 Å². The van der Waals surface area contributed by atoms with Crippen LogP contribution >= 0.6 is 34.0 Å². The first-order valence-electron chi connectivity index (χ1n) is 29.5. The van der Waals surface area contributed by atoms with Crippen molar-refractivity contribution in [2.24, 2.45) is 0 Å². The van der Waals surface area contributed by atoms with Gasteiger partial charge in [-0.25, -0.2) is 0 Å². The fraction of sp³-hybridized carbons (Fsp3) is 0.359. The molecule has 0 N–H and O–H groups in total. The number of hydrogen-bond acceptors (Lipinski definition) is 5. The third-order valence-electron chi connectivity index (χ3n) is 17.6. The number of rotatable bonds is 0. The Hall–Kier alpha value is -5.23. The molecule has 6 aromatic carbocycles. The van der Waals surface area contributed by atoms with Crippen molar-refractivity contribution in [3.05, 3.63) is 238 Å². The molecule has 5 aromatic heterocycles. The Kier molecular flexibility index (Phi) is 26.2. The van der Waals surface area contributed by atoms with E-state index in [-0.39, 0.29) is 29.9 Å². The van der Waals surface area contributed by atoms with E-state index in [4.69, 9.17) is 0 Å². The summed E-state index contributed by atoms with van der Waals surface area (Å²) in [5.74, 6) is 0.